The summed E-state index contributed by atoms with van der Waals surface area (Å²) in [5, 5.41) is 15.6. The zero-order valence-electron chi connectivity index (χ0n) is 39.6. The number of likely N-dealkylation sites (tertiary alicyclic amines) is 2. The Labute approximate surface area is 363 Å². The molecule has 0 aromatic heterocycles. The molecule has 2 fully saturated rings. The van der Waals surface area contributed by atoms with Crippen molar-refractivity contribution in [3.63, 3.8) is 0 Å². The van der Waals surface area contributed by atoms with E-state index in [2.05, 4.69) is 49.1 Å². The second-order valence-corrected chi connectivity index (χ2v) is 16.4. The van der Waals surface area contributed by atoms with Gasteiger partial charge in [0.1, 0.15) is 0 Å². The van der Waals surface area contributed by atoms with Gasteiger partial charge >= 0.3 is 23.9 Å². The van der Waals surface area contributed by atoms with Gasteiger partial charge < -0.3 is 28.7 Å². The summed E-state index contributed by atoms with van der Waals surface area (Å²) in [7, 11) is 3.58. The number of unbranched alkanes of at least 4 members (excludes halogenated alkanes) is 20. The Morgan fingerprint density at radius 2 is 0.915 bits per heavy atom. The van der Waals surface area contributed by atoms with Crippen LogP contribution in [-0.4, -0.2) is 105 Å². The van der Waals surface area contributed by atoms with E-state index in [9.17, 15) is 19.2 Å². The van der Waals surface area contributed by atoms with E-state index >= 15 is 0 Å². The average molecular weight is 841 g/mol. The number of carbonyl (C=O) groups is 4. The minimum atomic E-state index is -1.51. The van der Waals surface area contributed by atoms with Crippen LogP contribution in [0, 0.1) is 11.3 Å². The third-order valence-corrected chi connectivity index (χ3v) is 10.7. The Hall–Kier alpha value is -2.71. The van der Waals surface area contributed by atoms with Crippen LogP contribution >= 0.6 is 0 Å². The van der Waals surface area contributed by atoms with E-state index in [0.717, 1.165) is 32.1 Å². The second-order valence-electron chi connectivity index (χ2n) is 16.4. The van der Waals surface area contributed by atoms with Gasteiger partial charge in [-0.25, -0.2) is 19.2 Å². The Morgan fingerprint density at radius 1 is 0.559 bits per heavy atom. The molecule has 2 heterocycles. The first-order valence-corrected chi connectivity index (χ1v) is 24.0. The van der Waals surface area contributed by atoms with Gasteiger partial charge in [-0.15, -0.1) is 0 Å². The monoisotopic (exact) mass is 841 g/mol. The van der Waals surface area contributed by atoms with Crippen molar-refractivity contribution in [2.75, 3.05) is 66.6 Å². The highest BCUT2D eigenvalue weighted by Gasteiger charge is 2.25. The molecule has 0 bridgehead atoms. The van der Waals surface area contributed by atoms with Crippen LogP contribution in [0.1, 0.15) is 214 Å². The van der Waals surface area contributed by atoms with E-state index in [1.807, 2.05) is 0 Å². The number of esters is 3. The van der Waals surface area contributed by atoms with Gasteiger partial charge in [0.25, 0.3) is 0 Å². The molecule has 0 aliphatic carbocycles. The molecule has 2 aliphatic rings. The number of carboxylic acids is 1. The predicted octanol–water partition coefficient (Wildman–Crippen LogP) is 11.6. The van der Waals surface area contributed by atoms with Crippen LogP contribution in [0.3, 0.4) is 0 Å². The van der Waals surface area contributed by atoms with E-state index in [-0.39, 0.29) is 6.61 Å². The fourth-order valence-corrected chi connectivity index (χ4v) is 6.96. The van der Waals surface area contributed by atoms with Gasteiger partial charge in [-0.1, -0.05) is 156 Å². The summed E-state index contributed by atoms with van der Waals surface area (Å²) >= 11 is 0. The summed E-state index contributed by atoms with van der Waals surface area (Å²) in [5.41, 5.74) is 0. The van der Waals surface area contributed by atoms with Gasteiger partial charge in [0.05, 0.1) is 53.1 Å². The summed E-state index contributed by atoms with van der Waals surface area (Å²) in [6, 6.07) is 1.75. The number of carbonyl (C=O) groups excluding carboxylic acids is 3. The number of rotatable bonds is 28. The molecule has 348 valence electrons. The van der Waals surface area contributed by atoms with Crippen molar-refractivity contribution >= 4 is 23.9 Å². The number of hydrogen-bond acceptors (Lipinski definition) is 9. The first-order chi connectivity index (χ1) is 28.5. The van der Waals surface area contributed by atoms with Crippen LogP contribution in [0.15, 0.2) is 0 Å². The quantitative estimate of drug-likeness (QED) is 0.0266. The number of methoxy groups -OCH3 is 1. The highest BCUT2D eigenvalue weighted by atomic mass is 16.6. The van der Waals surface area contributed by atoms with Crippen LogP contribution in [-0.2, 0) is 33.4 Å². The van der Waals surface area contributed by atoms with Crippen LogP contribution < -0.4 is 0 Å². The zero-order chi connectivity index (χ0) is 44.7. The molecule has 2 rings (SSSR count). The maximum atomic E-state index is 10.9. The molecule has 0 atom stereocenters. The normalized spacial score (nSPS) is 13.7. The Kier molecular flexibility index (Phi) is 49.3. The van der Waals surface area contributed by atoms with E-state index in [1.165, 1.54) is 205 Å². The number of nitriles is 1. The summed E-state index contributed by atoms with van der Waals surface area (Å²) < 4.78 is 14.9. The maximum absolute atomic E-state index is 10.9. The minimum absolute atomic E-state index is 0.224. The zero-order valence-corrected chi connectivity index (χ0v) is 39.6. The lowest BCUT2D eigenvalue weighted by Crippen LogP contribution is -2.41. The van der Waals surface area contributed by atoms with Crippen molar-refractivity contribution < 1.29 is 43.0 Å². The van der Waals surface area contributed by atoms with Gasteiger partial charge in [-0.05, 0) is 58.2 Å². The number of nitrogens with zero attached hydrogens (tertiary/aromatic N) is 3. The van der Waals surface area contributed by atoms with Crippen molar-refractivity contribution in [1.82, 2.24) is 4.90 Å². The Morgan fingerprint density at radius 3 is 1.27 bits per heavy atom. The minimum Gasteiger partial charge on any atom is -0.473 e. The third kappa shape index (κ3) is 46.2. The maximum Gasteiger partial charge on any atom is 0.417 e. The van der Waals surface area contributed by atoms with E-state index in [4.69, 9.17) is 15.1 Å². The van der Waals surface area contributed by atoms with Crippen molar-refractivity contribution in [2.24, 2.45) is 0 Å². The molecule has 0 saturated carbocycles. The molecule has 1 N–H and O–H groups in total. The fourth-order valence-electron chi connectivity index (χ4n) is 6.96. The van der Waals surface area contributed by atoms with Gasteiger partial charge in [0, 0.05) is 19.8 Å². The Bertz CT molecular complexity index is 991. The number of aliphatic carboxylic acids is 1. The molecule has 0 amide bonds. The second kappa shape index (κ2) is 48.0. The topological polar surface area (TPSA) is 143 Å². The van der Waals surface area contributed by atoms with Crippen LogP contribution in [0.5, 0.6) is 0 Å². The van der Waals surface area contributed by atoms with Crippen LogP contribution in [0.2, 0.25) is 0 Å². The molecule has 11 nitrogen and oxygen atoms in total. The molecular weight excluding hydrogens is 747 g/mol. The number of hydrogen-bond donors (Lipinski definition) is 1. The summed E-state index contributed by atoms with van der Waals surface area (Å²) in [6.45, 7) is 19.3. The summed E-state index contributed by atoms with van der Waals surface area (Å²) in [5.74, 6) is -4.47. The van der Waals surface area contributed by atoms with E-state index < -0.39 is 23.9 Å². The van der Waals surface area contributed by atoms with Crippen molar-refractivity contribution in [2.45, 2.75) is 214 Å². The number of quaternary nitrogens is 1. The number of ether oxygens (including phenoxy) is 3. The molecule has 0 aromatic carbocycles. The molecule has 11 heteroatoms. The molecule has 0 radical (unpaired) electrons. The largest absolute Gasteiger partial charge is 0.473 e. The van der Waals surface area contributed by atoms with Crippen LogP contribution in [0.4, 0.5) is 0 Å². The van der Waals surface area contributed by atoms with E-state index in [1.54, 1.807) is 6.07 Å². The van der Waals surface area contributed by atoms with Crippen molar-refractivity contribution in [3.8, 4) is 6.07 Å². The predicted molar refractivity (Wildman–Crippen MR) is 242 cm³/mol. The standard InChI is InChI=1S/C15H28O4.C14H26O4.C9H20N.C8H17N.C2H3N/c1-3-4-5-6-7-8-9-10-11-12-13-19-15(17)14(16)18-2;1-2-3-4-5-6-7-8-9-10-11-12-18-14(17)13(15)16;1-3-4-7-10(2)8-5-6-9-10;1-2-3-6-9-7-4-5-8-9;1-2-3/h3-13H2,1-2H3;2-12H2,1H3,(H,15,16);3-9H2,1-2H3;2-8H2,1H3;1H3/q;;+1;;. The lowest BCUT2D eigenvalue weighted by atomic mass is 10.1. The lowest BCUT2D eigenvalue weighted by molar-refractivity contribution is -0.897. The first-order valence-electron chi connectivity index (χ1n) is 24.0. The third-order valence-electron chi connectivity index (χ3n) is 10.7. The van der Waals surface area contributed by atoms with Crippen molar-refractivity contribution in [1.29, 1.82) is 5.26 Å². The molecule has 2 saturated heterocycles. The van der Waals surface area contributed by atoms with Gasteiger partial charge in [-0.2, -0.15) is 5.26 Å². The van der Waals surface area contributed by atoms with E-state index in [0.29, 0.717) is 6.61 Å². The number of carboxylic acid groups (broad SMARTS) is 1. The lowest BCUT2D eigenvalue weighted by Gasteiger charge is -2.28. The van der Waals surface area contributed by atoms with Crippen molar-refractivity contribution in [3.05, 3.63) is 0 Å². The SMILES string of the molecule is CC#N.CCCCCCCCCCCCOC(=O)C(=O)O.CCCCCCCCCCCCOC(=O)C(=O)OC.CCCCN1CCCC1.CCCC[N+]1(C)CCCC1. The van der Waals surface area contributed by atoms with Gasteiger partial charge in [0.15, 0.2) is 0 Å². The summed E-state index contributed by atoms with van der Waals surface area (Å²) in [6.07, 6.45) is 35.6. The molecule has 0 unspecified atom stereocenters. The van der Waals surface area contributed by atoms with Crippen LogP contribution in [0.25, 0.3) is 0 Å². The molecule has 0 aromatic rings. The molecule has 0 spiro atoms. The Balaban J connectivity index is -0.000000719. The van der Waals surface area contributed by atoms with Gasteiger partial charge in [0.2, 0.25) is 0 Å². The highest BCUT2D eigenvalue weighted by molar-refractivity contribution is 6.29. The smallest absolute Gasteiger partial charge is 0.417 e. The first kappa shape index (κ1) is 60.6. The fraction of sp³-hybridized carbons (Fsp3) is 0.896. The molecule has 59 heavy (non-hydrogen) atoms. The summed E-state index contributed by atoms with van der Waals surface area (Å²) in [4.78, 5) is 45.0. The average Bonchev–Trinajstić information content (AvgIpc) is 3.93. The van der Waals surface area contributed by atoms with Gasteiger partial charge in [-0.3, -0.25) is 0 Å². The molecule has 2 aliphatic heterocycles. The molecular formula is C48H94N3O8+. The highest BCUT2D eigenvalue weighted by Crippen LogP contribution is 2.17.